The van der Waals surface area contributed by atoms with Crippen LogP contribution in [0.1, 0.15) is 18.4 Å². The van der Waals surface area contributed by atoms with Crippen molar-refractivity contribution in [3.8, 4) is 11.8 Å². The van der Waals surface area contributed by atoms with E-state index in [9.17, 15) is 8.78 Å². The number of rotatable bonds is 2. The molecule has 2 nitrogen and oxygen atoms in total. The maximum atomic E-state index is 13.5. The van der Waals surface area contributed by atoms with Crippen LogP contribution in [0, 0.1) is 23.0 Å². The Labute approximate surface area is 91.0 Å². The van der Waals surface area contributed by atoms with Crippen molar-refractivity contribution in [1.29, 1.82) is 5.26 Å². The standard InChI is InChI=1S/C10H8ClF2NO/c1-5(4-14)8-7(15-2)3-6(12)9(11)10(8)13/h3,5H,1-2H3. The van der Waals surface area contributed by atoms with Crippen LogP contribution in [0.25, 0.3) is 0 Å². The van der Waals surface area contributed by atoms with E-state index in [1.54, 1.807) is 0 Å². The van der Waals surface area contributed by atoms with Crippen LogP contribution in [0.15, 0.2) is 6.07 Å². The number of hydrogen-bond donors (Lipinski definition) is 0. The largest absolute Gasteiger partial charge is 0.496 e. The molecule has 0 aliphatic carbocycles. The predicted molar refractivity (Wildman–Crippen MR) is 51.9 cm³/mol. The Kier molecular flexibility index (Phi) is 3.48. The van der Waals surface area contributed by atoms with Gasteiger partial charge in [-0.05, 0) is 6.92 Å². The molecule has 5 heteroatoms. The van der Waals surface area contributed by atoms with E-state index in [1.807, 2.05) is 6.07 Å². The number of halogens is 3. The third-order valence-corrected chi connectivity index (χ3v) is 2.36. The van der Waals surface area contributed by atoms with Crippen molar-refractivity contribution in [2.45, 2.75) is 12.8 Å². The molecule has 0 saturated heterocycles. The monoisotopic (exact) mass is 231 g/mol. The average molecular weight is 232 g/mol. The molecule has 0 aliphatic rings. The lowest BCUT2D eigenvalue weighted by Gasteiger charge is -2.12. The topological polar surface area (TPSA) is 33.0 Å². The quantitative estimate of drug-likeness (QED) is 0.732. The molecule has 0 saturated carbocycles. The summed E-state index contributed by atoms with van der Waals surface area (Å²) in [6.07, 6.45) is 0. The van der Waals surface area contributed by atoms with Crippen molar-refractivity contribution in [3.63, 3.8) is 0 Å². The Hall–Kier alpha value is -1.34. The molecule has 1 aromatic carbocycles. The molecule has 0 N–H and O–H groups in total. The Morgan fingerprint density at radius 3 is 2.60 bits per heavy atom. The zero-order valence-electron chi connectivity index (χ0n) is 8.14. The summed E-state index contributed by atoms with van der Waals surface area (Å²) in [5.74, 6) is -2.61. The van der Waals surface area contributed by atoms with Gasteiger partial charge in [-0.3, -0.25) is 0 Å². The van der Waals surface area contributed by atoms with Crippen molar-refractivity contribution in [3.05, 3.63) is 28.3 Å². The molecule has 1 aromatic rings. The molecule has 1 atom stereocenters. The molecule has 0 bridgehead atoms. The van der Waals surface area contributed by atoms with Gasteiger partial charge in [0.05, 0.1) is 19.1 Å². The van der Waals surface area contributed by atoms with Gasteiger partial charge in [0.15, 0.2) is 5.82 Å². The fourth-order valence-corrected chi connectivity index (χ4v) is 1.38. The summed E-state index contributed by atoms with van der Waals surface area (Å²) in [4.78, 5) is 0. The number of nitrogens with zero attached hydrogens (tertiary/aromatic N) is 1. The number of benzene rings is 1. The van der Waals surface area contributed by atoms with Gasteiger partial charge in [0.25, 0.3) is 0 Å². The summed E-state index contributed by atoms with van der Waals surface area (Å²) in [7, 11) is 1.27. The SMILES string of the molecule is COc1cc(F)c(Cl)c(F)c1C(C)C#N. The van der Waals surface area contributed by atoms with Crippen LogP contribution in [-0.2, 0) is 0 Å². The lowest BCUT2D eigenvalue weighted by atomic mass is 10.0. The second-order valence-electron chi connectivity index (χ2n) is 2.95. The zero-order valence-corrected chi connectivity index (χ0v) is 8.90. The van der Waals surface area contributed by atoms with Crippen LogP contribution in [-0.4, -0.2) is 7.11 Å². The summed E-state index contributed by atoms with van der Waals surface area (Å²) in [5, 5.41) is 8.07. The molecule has 0 fully saturated rings. The Balaban J connectivity index is 3.48. The zero-order chi connectivity index (χ0) is 11.6. The van der Waals surface area contributed by atoms with Crippen molar-refractivity contribution < 1.29 is 13.5 Å². The Bertz CT molecular complexity index is 428. The maximum Gasteiger partial charge on any atom is 0.153 e. The molecule has 0 aliphatic heterocycles. The highest BCUT2D eigenvalue weighted by molar-refractivity contribution is 6.31. The minimum atomic E-state index is -0.942. The second kappa shape index (κ2) is 4.45. The molecule has 1 rings (SSSR count). The molecular weight excluding hydrogens is 224 g/mol. The first-order valence-corrected chi connectivity index (χ1v) is 4.51. The molecule has 0 heterocycles. The van der Waals surface area contributed by atoms with E-state index in [2.05, 4.69) is 0 Å². The fraction of sp³-hybridized carbons (Fsp3) is 0.300. The van der Waals surface area contributed by atoms with Gasteiger partial charge in [0, 0.05) is 11.6 Å². The number of nitriles is 1. The molecule has 0 spiro atoms. The van der Waals surface area contributed by atoms with Crippen molar-refractivity contribution in [1.82, 2.24) is 0 Å². The maximum absolute atomic E-state index is 13.5. The minimum Gasteiger partial charge on any atom is -0.496 e. The highest BCUT2D eigenvalue weighted by atomic mass is 35.5. The van der Waals surface area contributed by atoms with Gasteiger partial charge < -0.3 is 4.74 Å². The summed E-state index contributed by atoms with van der Waals surface area (Å²) >= 11 is 5.40. The first kappa shape index (κ1) is 11.7. The molecule has 0 radical (unpaired) electrons. The Morgan fingerprint density at radius 1 is 1.53 bits per heavy atom. The molecule has 80 valence electrons. The van der Waals surface area contributed by atoms with E-state index >= 15 is 0 Å². The van der Waals surface area contributed by atoms with E-state index < -0.39 is 22.6 Å². The van der Waals surface area contributed by atoms with Crippen LogP contribution in [0.3, 0.4) is 0 Å². The second-order valence-corrected chi connectivity index (χ2v) is 3.33. The Morgan fingerprint density at radius 2 is 2.13 bits per heavy atom. The van der Waals surface area contributed by atoms with Gasteiger partial charge in [0.2, 0.25) is 0 Å². The highest BCUT2D eigenvalue weighted by Crippen LogP contribution is 2.34. The van der Waals surface area contributed by atoms with Crippen LogP contribution in [0.5, 0.6) is 5.75 Å². The summed E-state index contributed by atoms with van der Waals surface area (Å²) in [5.41, 5.74) is -0.0219. The van der Waals surface area contributed by atoms with Crippen LogP contribution >= 0.6 is 11.6 Å². The van der Waals surface area contributed by atoms with E-state index in [1.165, 1.54) is 14.0 Å². The predicted octanol–water partition coefficient (Wildman–Crippen LogP) is 3.25. The van der Waals surface area contributed by atoms with Gasteiger partial charge in [-0.25, -0.2) is 8.78 Å². The van der Waals surface area contributed by atoms with E-state index in [0.29, 0.717) is 0 Å². The van der Waals surface area contributed by atoms with Crippen LogP contribution in [0.4, 0.5) is 8.78 Å². The molecule has 0 aromatic heterocycles. The van der Waals surface area contributed by atoms with Gasteiger partial charge in [-0.1, -0.05) is 11.6 Å². The van der Waals surface area contributed by atoms with Crippen molar-refractivity contribution in [2.75, 3.05) is 7.11 Å². The first-order valence-electron chi connectivity index (χ1n) is 4.13. The van der Waals surface area contributed by atoms with Gasteiger partial charge >= 0.3 is 0 Å². The van der Waals surface area contributed by atoms with E-state index in [-0.39, 0.29) is 11.3 Å². The van der Waals surface area contributed by atoms with Gasteiger partial charge in [0.1, 0.15) is 16.6 Å². The van der Waals surface area contributed by atoms with Crippen molar-refractivity contribution in [2.24, 2.45) is 0 Å². The third kappa shape index (κ3) is 2.02. The van der Waals surface area contributed by atoms with Gasteiger partial charge in [-0.2, -0.15) is 5.26 Å². The summed E-state index contributed by atoms with van der Waals surface area (Å²) < 4.78 is 31.4. The van der Waals surface area contributed by atoms with Crippen molar-refractivity contribution >= 4 is 11.6 Å². The average Bonchev–Trinajstić information content (AvgIpc) is 2.24. The molecule has 15 heavy (non-hydrogen) atoms. The third-order valence-electron chi connectivity index (χ3n) is 2.01. The minimum absolute atomic E-state index is 0.0107. The normalized spacial score (nSPS) is 12.0. The van der Waals surface area contributed by atoms with Crippen LogP contribution < -0.4 is 4.74 Å². The summed E-state index contributed by atoms with van der Waals surface area (Å²) in [6, 6.07) is 2.81. The van der Waals surface area contributed by atoms with E-state index in [0.717, 1.165) is 6.07 Å². The lowest BCUT2D eigenvalue weighted by Crippen LogP contribution is -2.02. The molecule has 1 unspecified atom stereocenters. The first-order chi connectivity index (χ1) is 7.02. The summed E-state index contributed by atoms with van der Waals surface area (Å²) in [6.45, 7) is 1.48. The van der Waals surface area contributed by atoms with E-state index in [4.69, 9.17) is 21.6 Å². The number of ether oxygens (including phenoxy) is 1. The molecular formula is C10H8ClF2NO. The number of hydrogen-bond acceptors (Lipinski definition) is 2. The molecule has 0 amide bonds. The van der Waals surface area contributed by atoms with Crippen LogP contribution in [0.2, 0.25) is 5.02 Å². The fourth-order valence-electron chi connectivity index (χ4n) is 1.22. The smallest absolute Gasteiger partial charge is 0.153 e. The number of methoxy groups -OCH3 is 1. The lowest BCUT2D eigenvalue weighted by molar-refractivity contribution is 0.398. The van der Waals surface area contributed by atoms with Gasteiger partial charge in [-0.15, -0.1) is 0 Å². The highest BCUT2D eigenvalue weighted by Gasteiger charge is 2.22.